The van der Waals surface area contributed by atoms with Gasteiger partial charge in [-0.15, -0.1) is 0 Å². The Bertz CT molecular complexity index is 1600. The smallest absolute Gasteiger partial charge is 0.416 e. The Morgan fingerprint density at radius 1 is 1.07 bits per heavy atom. The lowest BCUT2D eigenvalue weighted by Crippen LogP contribution is -2.44. The van der Waals surface area contributed by atoms with Gasteiger partial charge < -0.3 is 19.9 Å². The van der Waals surface area contributed by atoms with E-state index in [1.54, 1.807) is 6.92 Å². The van der Waals surface area contributed by atoms with Gasteiger partial charge in [0.15, 0.2) is 28.8 Å². The van der Waals surface area contributed by atoms with Crippen LogP contribution < -0.4 is 10.1 Å². The molecule has 222 valence electrons. The highest BCUT2D eigenvalue weighted by Gasteiger charge is 2.34. The van der Waals surface area contributed by atoms with Gasteiger partial charge in [-0.2, -0.15) is 18.4 Å². The largest absolute Gasteiger partial charge is 0.434 e. The van der Waals surface area contributed by atoms with Gasteiger partial charge in [0.1, 0.15) is 12.4 Å². The van der Waals surface area contributed by atoms with Crippen LogP contribution in [-0.2, 0) is 12.7 Å². The first-order chi connectivity index (χ1) is 20.0. The molecule has 13 heteroatoms. The maximum Gasteiger partial charge on any atom is 0.416 e. The molecular weight excluding hydrogens is 557 g/mol. The van der Waals surface area contributed by atoms with Crippen molar-refractivity contribution in [3.8, 4) is 17.7 Å². The number of nitrogens with zero attached hydrogens (tertiary/aromatic N) is 5. The van der Waals surface area contributed by atoms with E-state index in [-0.39, 0.29) is 40.1 Å². The Morgan fingerprint density at radius 3 is 2.45 bits per heavy atom. The topological polar surface area (TPSA) is 93.1 Å². The molecule has 1 aliphatic rings. The number of halogens is 5. The first-order valence-corrected chi connectivity index (χ1v) is 13.3. The molecule has 0 saturated carbocycles. The first kappa shape index (κ1) is 30.7. The predicted molar refractivity (Wildman–Crippen MR) is 149 cm³/mol. The monoisotopic (exact) mass is 587 g/mol. The molecule has 4 aromatic rings. The SMILES string of the molecule is CC.Cc1cc2c(F)c(Oc3ncnc(Nc4ccc(CN5CCN(C)CC5)c(C(F)(F)F)c4)c3C#N)cc(F)c2[nH]1. The van der Waals surface area contributed by atoms with Gasteiger partial charge in [0.05, 0.1) is 11.1 Å². The summed E-state index contributed by atoms with van der Waals surface area (Å²) in [5.41, 5.74) is -0.469. The lowest BCUT2D eigenvalue weighted by atomic mass is 10.0. The lowest BCUT2D eigenvalue weighted by Gasteiger charge is -2.33. The highest BCUT2D eigenvalue weighted by molar-refractivity contribution is 5.83. The van der Waals surface area contributed by atoms with Crippen LogP contribution in [0, 0.1) is 29.9 Å². The molecule has 2 aromatic carbocycles. The van der Waals surface area contributed by atoms with Gasteiger partial charge in [-0.1, -0.05) is 19.9 Å². The molecule has 1 saturated heterocycles. The van der Waals surface area contributed by atoms with Crippen molar-refractivity contribution >= 4 is 22.4 Å². The zero-order valence-electron chi connectivity index (χ0n) is 23.5. The fourth-order valence-electron chi connectivity index (χ4n) is 4.59. The van der Waals surface area contributed by atoms with Crippen molar-refractivity contribution in [2.24, 2.45) is 0 Å². The second kappa shape index (κ2) is 12.7. The number of ether oxygens (including phenoxy) is 1. The minimum Gasteiger partial charge on any atom is -0.434 e. The van der Waals surface area contributed by atoms with Crippen molar-refractivity contribution in [1.29, 1.82) is 5.26 Å². The highest BCUT2D eigenvalue weighted by atomic mass is 19.4. The number of nitriles is 1. The van der Waals surface area contributed by atoms with Gasteiger partial charge >= 0.3 is 6.18 Å². The van der Waals surface area contributed by atoms with Crippen LogP contribution in [0.25, 0.3) is 10.9 Å². The fourth-order valence-corrected chi connectivity index (χ4v) is 4.59. The minimum absolute atomic E-state index is 0.0250. The van der Waals surface area contributed by atoms with Crippen molar-refractivity contribution in [3.05, 3.63) is 70.7 Å². The molecule has 2 aromatic heterocycles. The van der Waals surface area contributed by atoms with Gasteiger partial charge in [-0.05, 0) is 37.7 Å². The van der Waals surface area contributed by atoms with Gasteiger partial charge in [0.2, 0.25) is 5.88 Å². The summed E-state index contributed by atoms with van der Waals surface area (Å²) < 4.78 is 77.0. The van der Waals surface area contributed by atoms with Crippen molar-refractivity contribution in [3.63, 3.8) is 0 Å². The number of aromatic amines is 1. The minimum atomic E-state index is -4.62. The van der Waals surface area contributed by atoms with Gasteiger partial charge in [0.25, 0.3) is 0 Å². The lowest BCUT2D eigenvalue weighted by molar-refractivity contribution is -0.138. The Balaban J connectivity index is 0.00000198. The average molecular weight is 588 g/mol. The Labute approximate surface area is 239 Å². The van der Waals surface area contributed by atoms with Gasteiger partial charge in [-0.25, -0.2) is 18.7 Å². The quantitative estimate of drug-likeness (QED) is 0.241. The van der Waals surface area contributed by atoms with Crippen LogP contribution in [0.4, 0.5) is 33.5 Å². The van der Waals surface area contributed by atoms with E-state index in [0.717, 1.165) is 31.5 Å². The second-order valence-corrected chi connectivity index (χ2v) is 9.60. The van der Waals surface area contributed by atoms with E-state index in [0.29, 0.717) is 18.8 Å². The molecule has 3 heterocycles. The Hall–Kier alpha value is -4.28. The number of rotatable bonds is 6. The number of aromatic nitrogens is 3. The van der Waals surface area contributed by atoms with Crippen LogP contribution in [0.1, 0.15) is 36.2 Å². The number of benzene rings is 2. The van der Waals surface area contributed by atoms with Crippen LogP contribution in [0.3, 0.4) is 0 Å². The van der Waals surface area contributed by atoms with Crippen LogP contribution in [0.2, 0.25) is 0 Å². The zero-order chi connectivity index (χ0) is 30.6. The summed E-state index contributed by atoms with van der Waals surface area (Å²) in [4.78, 5) is 14.6. The molecular formula is C29H30F5N7O. The van der Waals surface area contributed by atoms with E-state index in [1.807, 2.05) is 31.9 Å². The number of alkyl halides is 3. The summed E-state index contributed by atoms with van der Waals surface area (Å²) in [5.74, 6) is -2.72. The summed E-state index contributed by atoms with van der Waals surface area (Å²) in [7, 11) is 1.97. The van der Waals surface area contributed by atoms with E-state index >= 15 is 4.39 Å². The Kier molecular flexibility index (Phi) is 9.28. The molecule has 5 rings (SSSR count). The molecule has 0 atom stereocenters. The fraction of sp³-hybridized carbons (Fsp3) is 0.345. The zero-order valence-corrected chi connectivity index (χ0v) is 23.5. The summed E-state index contributed by atoms with van der Waals surface area (Å²) in [5, 5.41) is 12.4. The van der Waals surface area contributed by atoms with Crippen molar-refractivity contribution in [1.82, 2.24) is 24.8 Å². The highest BCUT2D eigenvalue weighted by Crippen LogP contribution is 2.37. The van der Waals surface area contributed by atoms with E-state index in [9.17, 15) is 22.8 Å². The standard InChI is InChI=1S/C27H24F5N7O.C2H6/c1-15-9-18-23(29)22(11-21(28)24(18)36-15)40-26-19(12-33)25(34-14-35-26)37-17-4-3-16(20(10-17)27(30,31)32)13-39-7-5-38(2)6-8-39;1-2/h3-4,9-11,14,36H,5-8,13H2,1-2H3,(H,34,35,37);1-2H3. The van der Waals surface area contributed by atoms with Crippen LogP contribution in [-0.4, -0.2) is 58.0 Å². The number of hydrogen-bond donors (Lipinski definition) is 2. The molecule has 0 amide bonds. The molecule has 0 aliphatic carbocycles. The molecule has 0 spiro atoms. The number of H-pyrrole nitrogens is 1. The summed E-state index contributed by atoms with van der Waals surface area (Å²) in [6.07, 6.45) is -3.62. The average Bonchev–Trinajstić information content (AvgIpc) is 3.37. The number of fused-ring (bicyclic) bond motifs is 1. The molecule has 1 fully saturated rings. The molecule has 0 radical (unpaired) electrons. The van der Waals surface area contributed by atoms with Crippen LogP contribution >= 0.6 is 0 Å². The van der Waals surface area contributed by atoms with Gasteiger partial charge in [-0.3, -0.25) is 4.90 Å². The summed E-state index contributed by atoms with van der Waals surface area (Å²) in [6.45, 7) is 8.63. The third-order valence-electron chi connectivity index (χ3n) is 6.70. The third-order valence-corrected chi connectivity index (χ3v) is 6.70. The summed E-state index contributed by atoms with van der Waals surface area (Å²) in [6, 6.07) is 7.85. The third kappa shape index (κ3) is 6.61. The predicted octanol–water partition coefficient (Wildman–Crippen LogP) is 6.74. The second-order valence-electron chi connectivity index (χ2n) is 9.60. The van der Waals surface area contributed by atoms with Crippen LogP contribution in [0.15, 0.2) is 36.7 Å². The van der Waals surface area contributed by atoms with Crippen molar-refractivity contribution < 1.29 is 26.7 Å². The van der Waals surface area contributed by atoms with Gasteiger partial charge in [0, 0.05) is 55.6 Å². The molecule has 1 aliphatic heterocycles. The first-order valence-electron chi connectivity index (χ1n) is 13.3. The van der Waals surface area contributed by atoms with E-state index in [1.165, 1.54) is 18.2 Å². The van der Waals surface area contributed by atoms with E-state index < -0.39 is 35.0 Å². The molecule has 8 nitrogen and oxygen atoms in total. The van der Waals surface area contributed by atoms with Crippen molar-refractivity contribution in [2.75, 3.05) is 38.5 Å². The Morgan fingerprint density at radius 2 is 1.79 bits per heavy atom. The van der Waals surface area contributed by atoms with Crippen molar-refractivity contribution in [2.45, 2.75) is 33.5 Å². The van der Waals surface area contributed by atoms with E-state index in [4.69, 9.17) is 4.74 Å². The number of hydrogen-bond acceptors (Lipinski definition) is 7. The number of aryl methyl sites for hydroxylation is 1. The van der Waals surface area contributed by atoms with Crippen LogP contribution in [0.5, 0.6) is 11.6 Å². The molecule has 0 bridgehead atoms. The number of piperazine rings is 1. The number of likely N-dealkylation sites (N-methyl/N-ethyl adjacent to an activating group) is 1. The maximum atomic E-state index is 15.0. The normalized spacial score (nSPS) is 14.3. The molecule has 2 N–H and O–H groups in total. The van der Waals surface area contributed by atoms with E-state index in [2.05, 4.69) is 25.2 Å². The summed E-state index contributed by atoms with van der Waals surface area (Å²) >= 11 is 0. The molecule has 42 heavy (non-hydrogen) atoms. The molecule has 0 unspecified atom stereocenters. The number of anilines is 2. The number of nitrogens with one attached hydrogen (secondary N) is 2. The maximum absolute atomic E-state index is 15.0.